The molecule has 2 aromatic rings. The van der Waals surface area contributed by atoms with Crippen molar-refractivity contribution in [1.29, 1.82) is 0 Å². The molecule has 1 aromatic carbocycles. The van der Waals surface area contributed by atoms with Crippen molar-refractivity contribution in [3.8, 4) is 0 Å². The van der Waals surface area contributed by atoms with Crippen molar-refractivity contribution in [3.05, 3.63) is 54.0 Å². The minimum absolute atomic E-state index is 0.197. The van der Waals surface area contributed by atoms with Crippen LogP contribution in [0.15, 0.2) is 52.5 Å². The van der Waals surface area contributed by atoms with Crippen LogP contribution in [-0.2, 0) is 6.54 Å². The van der Waals surface area contributed by atoms with Gasteiger partial charge in [-0.25, -0.2) is 9.37 Å². The lowest BCUT2D eigenvalue weighted by atomic mass is 10.2. The fourth-order valence-electron chi connectivity index (χ4n) is 1.80. The molecule has 1 N–H and O–H groups in total. The highest BCUT2D eigenvalue weighted by Gasteiger charge is 2.07. The molecule has 20 heavy (non-hydrogen) atoms. The van der Waals surface area contributed by atoms with E-state index in [0.29, 0.717) is 12.5 Å². The van der Waals surface area contributed by atoms with Gasteiger partial charge in [-0.2, -0.15) is 0 Å². The summed E-state index contributed by atoms with van der Waals surface area (Å²) in [4.78, 5) is 5.34. The van der Waals surface area contributed by atoms with Gasteiger partial charge in [0.1, 0.15) is 10.8 Å². The van der Waals surface area contributed by atoms with Gasteiger partial charge in [-0.05, 0) is 48.4 Å². The Labute approximate surface area is 123 Å². The van der Waals surface area contributed by atoms with Gasteiger partial charge in [-0.1, -0.05) is 31.7 Å². The van der Waals surface area contributed by atoms with E-state index in [2.05, 4.69) is 24.1 Å². The van der Waals surface area contributed by atoms with Crippen LogP contribution in [0.1, 0.15) is 19.4 Å². The van der Waals surface area contributed by atoms with Crippen molar-refractivity contribution in [3.63, 3.8) is 0 Å². The number of nitrogens with zero attached hydrogens (tertiary/aromatic N) is 1. The van der Waals surface area contributed by atoms with E-state index in [0.717, 1.165) is 22.0 Å². The van der Waals surface area contributed by atoms with Crippen LogP contribution in [-0.4, -0.2) is 11.5 Å². The topological polar surface area (TPSA) is 24.9 Å². The minimum atomic E-state index is -0.197. The first kappa shape index (κ1) is 15.0. The first-order chi connectivity index (χ1) is 9.65. The SMILES string of the molecule is CC(C)CNCc1cc(F)ccc1Sc1ccccn1. The predicted molar refractivity (Wildman–Crippen MR) is 81.3 cm³/mol. The molecule has 1 aromatic heterocycles. The van der Waals surface area contributed by atoms with Gasteiger partial charge in [0.2, 0.25) is 0 Å². The Morgan fingerprint density at radius 2 is 2.10 bits per heavy atom. The highest BCUT2D eigenvalue weighted by Crippen LogP contribution is 2.29. The summed E-state index contributed by atoms with van der Waals surface area (Å²) in [6.45, 7) is 5.90. The first-order valence-electron chi connectivity index (χ1n) is 6.73. The van der Waals surface area contributed by atoms with Crippen LogP contribution < -0.4 is 5.32 Å². The summed E-state index contributed by atoms with van der Waals surface area (Å²) < 4.78 is 13.4. The third-order valence-electron chi connectivity index (χ3n) is 2.74. The Hall–Kier alpha value is -1.39. The Kier molecular flexibility index (Phi) is 5.56. The highest BCUT2D eigenvalue weighted by atomic mass is 32.2. The standard InChI is InChI=1S/C16H19FN2S/c1-12(2)10-18-11-13-9-14(17)6-7-15(13)20-16-5-3-4-8-19-16/h3-9,12,18H,10-11H2,1-2H3. The summed E-state index contributed by atoms with van der Waals surface area (Å²) >= 11 is 1.56. The zero-order chi connectivity index (χ0) is 14.4. The molecule has 0 aliphatic carbocycles. The fourth-order valence-corrected chi connectivity index (χ4v) is 2.69. The smallest absolute Gasteiger partial charge is 0.123 e. The minimum Gasteiger partial charge on any atom is -0.312 e. The van der Waals surface area contributed by atoms with Gasteiger partial charge in [0.25, 0.3) is 0 Å². The van der Waals surface area contributed by atoms with Crippen molar-refractivity contribution in [2.75, 3.05) is 6.54 Å². The van der Waals surface area contributed by atoms with E-state index < -0.39 is 0 Å². The quantitative estimate of drug-likeness (QED) is 0.866. The van der Waals surface area contributed by atoms with E-state index in [1.807, 2.05) is 24.3 Å². The van der Waals surface area contributed by atoms with Gasteiger partial charge in [0.15, 0.2) is 0 Å². The largest absolute Gasteiger partial charge is 0.312 e. The number of hydrogen-bond acceptors (Lipinski definition) is 3. The number of rotatable bonds is 6. The third-order valence-corrected chi connectivity index (χ3v) is 3.81. The van der Waals surface area contributed by atoms with E-state index in [1.165, 1.54) is 6.07 Å². The zero-order valence-electron chi connectivity index (χ0n) is 11.8. The van der Waals surface area contributed by atoms with Crippen LogP contribution >= 0.6 is 11.8 Å². The van der Waals surface area contributed by atoms with Gasteiger partial charge in [-0.3, -0.25) is 0 Å². The summed E-state index contributed by atoms with van der Waals surface area (Å²) in [7, 11) is 0. The van der Waals surface area contributed by atoms with Gasteiger partial charge >= 0.3 is 0 Å². The number of pyridine rings is 1. The van der Waals surface area contributed by atoms with Gasteiger partial charge in [0, 0.05) is 17.6 Å². The lowest BCUT2D eigenvalue weighted by molar-refractivity contribution is 0.547. The monoisotopic (exact) mass is 290 g/mol. The molecule has 106 valence electrons. The molecule has 0 amide bonds. The average Bonchev–Trinajstić information content (AvgIpc) is 2.42. The van der Waals surface area contributed by atoms with Crippen LogP contribution in [0.25, 0.3) is 0 Å². The van der Waals surface area contributed by atoms with Crippen molar-refractivity contribution < 1.29 is 4.39 Å². The molecule has 0 bridgehead atoms. The molecule has 0 saturated carbocycles. The Balaban J connectivity index is 2.11. The average molecular weight is 290 g/mol. The maximum Gasteiger partial charge on any atom is 0.123 e. The lowest BCUT2D eigenvalue weighted by Crippen LogP contribution is -2.19. The number of benzene rings is 1. The van der Waals surface area contributed by atoms with E-state index in [4.69, 9.17) is 0 Å². The first-order valence-corrected chi connectivity index (χ1v) is 7.55. The summed E-state index contributed by atoms with van der Waals surface area (Å²) in [6, 6.07) is 10.7. The molecule has 4 heteroatoms. The Morgan fingerprint density at radius 1 is 1.25 bits per heavy atom. The summed E-state index contributed by atoms with van der Waals surface area (Å²) in [5.41, 5.74) is 0.973. The molecule has 0 aliphatic heterocycles. The van der Waals surface area contributed by atoms with Crippen LogP contribution in [0, 0.1) is 11.7 Å². The van der Waals surface area contributed by atoms with Crippen molar-refractivity contribution in [2.24, 2.45) is 5.92 Å². The molecular formula is C16H19FN2S. The molecule has 0 spiro atoms. The van der Waals surface area contributed by atoms with Crippen LogP contribution in [0.4, 0.5) is 4.39 Å². The second kappa shape index (κ2) is 7.41. The molecular weight excluding hydrogens is 271 g/mol. The molecule has 2 rings (SSSR count). The van der Waals surface area contributed by atoms with E-state index in [1.54, 1.807) is 24.0 Å². The molecule has 0 saturated heterocycles. The lowest BCUT2D eigenvalue weighted by Gasteiger charge is -2.11. The van der Waals surface area contributed by atoms with Gasteiger partial charge in [-0.15, -0.1) is 0 Å². The Morgan fingerprint density at radius 3 is 2.80 bits per heavy atom. The predicted octanol–water partition coefficient (Wildman–Crippen LogP) is 4.12. The number of hydrogen-bond donors (Lipinski definition) is 1. The zero-order valence-corrected chi connectivity index (χ0v) is 12.6. The van der Waals surface area contributed by atoms with Crippen LogP contribution in [0.5, 0.6) is 0 Å². The Bertz CT molecular complexity index is 543. The van der Waals surface area contributed by atoms with Crippen molar-refractivity contribution in [2.45, 2.75) is 30.3 Å². The fraction of sp³-hybridized carbons (Fsp3) is 0.312. The van der Waals surface area contributed by atoms with E-state index in [9.17, 15) is 4.39 Å². The summed E-state index contributed by atoms with van der Waals surface area (Å²) in [6.07, 6.45) is 1.77. The van der Waals surface area contributed by atoms with Crippen LogP contribution in [0.3, 0.4) is 0 Å². The maximum atomic E-state index is 13.4. The maximum absolute atomic E-state index is 13.4. The number of halogens is 1. The third kappa shape index (κ3) is 4.62. The van der Waals surface area contributed by atoms with E-state index in [-0.39, 0.29) is 5.82 Å². The molecule has 0 unspecified atom stereocenters. The number of nitrogens with one attached hydrogen (secondary N) is 1. The summed E-state index contributed by atoms with van der Waals surface area (Å²) in [5.74, 6) is 0.382. The second-order valence-corrected chi connectivity index (χ2v) is 6.11. The second-order valence-electron chi connectivity index (χ2n) is 5.05. The van der Waals surface area contributed by atoms with Gasteiger partial charge < -0.3 is 5.32 Å². The number of aromatic nitrogens is 1. The molecule has 0 atom stereocenters. The molecule has 0 fully saturated rings. The highest BCUT2D eigenvalue weighted by molar-refractivity contribution is 7.99. The van der Waals surface area contributed by atoms with Crippen LogP contribution in [0.2, 0.25) is 0 Å². The normalized spacial score (nSPS) is 11.0. The van der Waals surface area contributed by atoms with Crippen molar-refractivity contribution in [1.82, 2.24) is 10.3 Å². The molecule has 2 nitrogen and oxygen atoms in total. The molecule has 1 heterocycles. The molecule has 0 aliphatic rings. The van der Waals surface area contributed by atoms with Gasteiger partial charge in [0.05, 0.1) is 0 Å². The van der Waals surface area contributed by atoms with Crippen molar-refractivity contribution >= 4 is 11.8 Å². The molecule has 0 radical (unpaired) electrons. The van der Waals surface area contributed by atoms with E-state index >= 15 is 0 Å². The summed E-state index contributed by atoms with van der Waals surface area (Å²) in [5, 5.41) is 4.27.